The van der Waals surface area contributed by atoms with Crippen LogP contribution in [0.5, 0.6) is 5.75 Å². The minimum atomic E-state index is -4.02. The first-order valence-electron chi connectivity index (χ1n) is 9.99. The van der Waals surface area contributed by atoms with Crippen LogP contribution in [0.25, 0.3) is 0 Å². The Kier molecular flexibility index (Phi) is 7.43. The van der Waals surface area contributed by atoms with Gasteiger partial charge in [-0.05, 0) is 67.9 Å². The molecule has 0 unspecified atom stereocenters. The number of nitrogens with one attached hydrogen (secondary N) is 1. The Morgan fingerprint density at radius 2 is 1.59 bits per heavy atom. The third-order valence-corrected chi connectivity index (χ3v) is 7.04. The summed E-state index contributed by atoms with van der Waals surface area (Å²) >= 11 is 5.97. The number of nitrogens with zero attached hydrogens (tertiary/aromatic N) is 1. The van der Waals surface area contributed by atoms with Gasteiger partial charge < -0.3 is 10.1 Å². The third-order valence-electron chi connectivity index (χ3n) is 5.00. The van der Waals surface area contributed by atoms with Gasteiger partial charge in [0.1, 0.15) is 12.3 Å². The number of benzene rings is 3. The van der Waals surface area contributed by atoms with Crippen molar-refractivity contribution < 1.29 is 17.9 Å². The molecule has 0 aliphatic heterocycles. The third kappa shape index (κ3) is 5.60. The molecular formula is C24H25ClN2O4S. The second-order valence-electron chi connectivity index (χ2n) is 7.36. The summed E-state index contributed by atoms with van der Waals surface area (Å²) in [7, 11) is -2.52. The molecule has 3 rings (SSSR count). The highest BCUT2D eigenvalue weighted by molar-refractivity contribution is 7.92. The van der Waals surface area contributed by atoms with Crippen LogP contribution in [0.1, 0.15) is 24.1 Å². The van der Waals surface area contributed by atoms with Gasteiger partial charge in [0, 0.05) is 5.02 Å². The van der Waals surface area contributed by atoms with Crippen LogP contribution in [0, 0.1) is 6.92 Å². The van der Waals surface area contributed by atoms with Crippen molar-refractivity contribution in [1.82, 2.24) is 5.32 Å². The highest BCUT2D eigenvalue weighted by atomic mass is 35.5. The number of halogens is 1. The molecular weight excluding hydrogens is 448 g/mol. The van der Waals surface area contributed by atoms with E-state index in [9.17, 15) is 13.2 Å². The number of hydrogen-bond acceptors (Lipinski definition) is 4. The van der Waals surface area contributed by atoms with Gasteiger partial charge in [0.05, 0.1) is 23.7 Å². The van der Waals surface area contributed by atoms with Crippen LogP contribution in [0.15, 0.2) is 77.7 Å². The molecule has 6 nitrogen and oxygen atoms in total. The molecule has 3 aromatic rings. The van der Waals surface area contributed by atoms with Crippen molar-refractivity contribution in [3.8, 4) is 5.75 Å². The molecule has 1 atom stereocenters. The molecule has 0 saturated heterocycles. The van der Waals surface area contributed by atoms with Gasteiger partial charge in [0.25, 0.3) is 10.0 Å². The molecule has 8 heteroatoms. The molecule has 0 aliphatic rings. The Hall–Kier alpha value is -3.03. The minimum absolute atomic E-state index is 0.0487. The predicted molar refractivity (Wildman–Crippen MR) is 127 cm³/mol. The average Bonchev–Trinajstić information content (AvgIpc) is 2.78. The lowest BCUT2D eigenvalue weighted by atomic mass is 10.1. The zero-order valence-electron chi connectivity index (χ0n) is 18.1. The van der Waals surface area contributed by atoms with Gasteiger partial charge in [0.15, 0.2) is 0 Å². The molecule has 3 aromatic carbocycles. The zero-order chi connectivity index (χ0) is 23.3. The van der Waals surface area contributed by atoms with E-state index in [1.165, 1.54) is 19.2 Å². The number of carbonyl (C=O) groups is 1. The second kappa shape index (κ2) is 10.1. The molecule has 1 N–H and O–H groups in total. The highest BCUT2D eigenvalue weighted by Crippen LogP contribution is 2.26. The van der Waals surface area contributed by atoms with Gasteiger partial charge in [-0.15, -0.1) is 0 Å². The first-order chi connectivity index (χ1) is 15.2. The second-order valence-corrected chi connectivity index (χ2v) is 9.66. The number of carbonyl (C=O) groups excluding carboxylic acids is 1. The number of ether oxygens (including phenoxy) is 1. The summed E-state index contributed by atoms with van der Waals surface area (Å²) < 4.78 is 33.0. The molecule has 32 heavy (non-hydrogen) atoms. The number of anilines is 1. The summed E-state index contributed by atoms with van der Waals surface area (Å²) in [5.41, 5.74) is 2.38. The largest absolute Gasteiger partial charge is 0.497 e. The number of methoxy groups -OCH3 is 1. The van der Waals surface area contributed by atoms with Crippen molar-refractivity contribution in [3.05, 3.63) is 88.9 Å². The van der Waals surface area contributed by atoms with E-state index in [2.05, 4.69) is 5.32 Å². The Morgan fingerprint density at radius 1 is 1.00 bits per heavy atom. The van der Waals surface area contributed by atoms with Crippen LogP contribution >= 0.6 is 11.6 Å². The average molecular weight is 473 g/mol. The quantitative estimate of drug-likeness (QED) is 0.514. The highest BCUT2D eigenvalue weighted by Gasteiger charge is 2.28. The van der Waals surface area contributed by atoms with Crippen molar-refractivity contribution in [1.29, 1.82) is 0 Å². The zero-order valence-corrected chi connectivity index (χ0v) is 19.7. The molecule has 0 saturated carbocycles. The van der Waals surface area contributed by atoms with Gasteiger partial charge in [-0.3, -0.25) is 9.10 Å². The molecule has 0 spiro atoms. The topological polar surface area (TPSA) is 75.7 Å². The van der Waals surface area contributed by atoms with Gasteiger partial charge >= 0.3 is 0 Å². The summed E-state index contributed by atoms with van der Waals surface area (Å²) in [5, 5.41) is 3.34. The minimum Gasteiger partial charge on any atom is -0.497 e. The molecule has 0 bridgehead atoms. The lowest BCUT2D eigenvalue weighted by Gasteiger charge is -2.25. The molecule has 0 radical (unpaired) electrons. The van der Waals surface area contributed by atoms with Crippen LogP contribution in [0.3, 0.4) is 0 Å². The summed E-state index contributed by atoms with van der Waals surface area (Å²) in [5.74, 6) is 0.108. The maximum atomic E-state index is 13.4. The van der Waals surface area contributed by atoms with Crippen LogP contribution in [-0.4, -0.2) is 28.0 Å². The van der Waals surface area contributed by atoms with Crippen molar-refractivity contribution >= 4 is 33.2 Å². The molecule has 0 aromatic heterocycles. The van der Waals surface area contributed by atoms with Crippen molar-refractivity contribution in [2.24, 2.45) is 0 Å². The van der Waals surface area contributed by atoms with Crippen molar-refractivity contribution in [2.75, 3.05) is 18.0 Å². The SMILES string of the molecule is COc1ccc(S(=O)(=O)N(CC(=O)N[C@H](C)c2ccc(C)cc2)c2ccc(Cl)cc2)cc1. The molecule has 168 valence electrons. The maximum absolute atomic E-state index is 13.4. The van der Waals surface area contributed by atoms with E-state index in [0.717, 1.165) is 15.4 Å². The Bertz CT molecular complexity index is 1160. The van der Waals surface area contributed by atoms with Crippen LogP contribution < -0.4 is 14.4 Å². The number of hydrogen-bond donors (Lipinski definition) is 1. The van der Waals surface area contributed by atoms with Gasteiger partial charge in [-0.2, -0.15) is 0 Å². The van der Waals surface area contributed by atoms with Crippen molar-refractivity contribution in [2.45, 2.75) is 24.8 Å². The fourth-order valence-electron chi connectivity index (χ4n) is 3.15. The first kappa shape index (κ1) is 23.6. The van der Waals surface area contributed by atoms with Crippen LogP contribution in [-0.2, 0) is 14.8 Å². The van der Waals surface area contributed by atoms with Gasteiger partial charge in [-0.25, -0.2) is 8.42 Å². The smallest absolute Gasteiger partial charge is 0.264 e. The van der Waals surface area contributed by atoms with E-state index in [0.29, 0.717) is 16.5 Å². The normalized spacial score (nSPS) is 12.1. The van der Waals surface area contributed by atoms with Gasteiger partial charge in [0.2, 0.25) is 5.91 Å². The Labute approximate surface area is 193 Å². The lowest BCUT2D eigenvalue weighted by molar-refractivity contribution is -0.120. The fourth-order valence-corrected chi connectivity index (χ4v) is 4.70. The van der Waals surface area contributed by atoms with Crippen LogP contribution in [0.4, 0.5) is 5.69 Å². The maximum Gasteiger partial charge on any atom is 0.264 e. The molecule has 0 fully saturated rings. The van der Waals surface area contributed by atoms with E-state index >= 15 is 0 Å². The fraction of sp³-hybridized carbons (Fsp3) is 0.208. The molecule has 0 aliphatic carbocycles. The van der Waals surface area contributed by atoms with Crippen molar-refractivity contribution in [3.63, 3.8) is 0 Å². The van der Waals surface area contributed by atoms with E-state index in [-0.39, 0.29) is 17.5 Å². The summed E-state index contributed by atoms with van der Waals surface area (Å²) in [4.78, 5) is 12.9. The van der Waals surface area contributed by atoms with E-state index in [1.807, 2.05) is 38.1 Å². The lowest BCUT2D eigenvalue weighted by Crippen LogP contribution is -2.41. The number of sulfonamides is 1. The summed E-state index contributed by atoms with van der Waals surface area (Å²) in [6, 6.07) is 19.8. The first-order valence-corrected chi connectivity index (χ1v) is 11.8. The number of rotatable bonds is 8. The van der Waals surface area contributed by atoms with Crippen LogP contribution in [0.2, 0.25) is 5.02 Å². The van der Waals surface area contributed by atoms with Gasteiger partial charge in [-0.1, -0.05) is 41.4 Å². The van der Waals surface area contributed by atoms with E-state index < -0.39 is 15.9 Å². The monoisotopic (exact) mass is 472 g/mol. The van der Waals surface area contributed by atoms with E-state index in [1.54, 1.807) is 36.4 Å². The van der Waals surface area contributed by atoms with E-state index in [4.69, 9.17) is 16.3 Å². The standard InChI is InChI=1S/C24H25ClN2O4S/c1-17-4-6-19(7-5-17)18(2)26-24(28)16-27(21-10-8-20(25)9-11-21)32(29,30)23-14-12-22(31-3)13-15-23/h4-15,18H,16H2,1-3H3,(H,26,28)/t18-/m1/s1. The Balaban J connectivity index is 1.87. The number of aryl methyl sites for hydroxylation is 1. The molecule has 0 heterocycles. The Morgan fingerprint density at radius 3 is 2.16 bits per heavy atom. The predicted octanol–water partition coefficient (Wildman–Crippen LogP) is 4.73. The summed E-state index contributed by atoms with van der Waals surface area (Å²) in [6.45, 7) is 3.46. The molecule has 1 amide bonds. The number of amides is 1. The summed E-state index contributed by atoms with van der Waals surface area (Å²) in [6.07, 6.45) is 0.